The number of hydrogen-bond acceptors (Lipinski definition) is 3. The molecular formula is C4H8LiO4+. The van der Waals surface area contributed by atoms with Crippen LogP contribution in [0.2, 0.25) is 0 Å². The molecule has 9 heavy (non-hydrogen) atoms. The van der Waals surface area contributed by atoms with Crippen molar-refractivity contribution in [1.29, 1.82) is 0 Å². The molecule has 0 rings (SSSR count). The van der Waals surface area contributed by atoms with E-state index in [-0.39, 0.29) is 31.9 Å². The quantitative estimate of drug-likeness (QED) is 0.336. The van der Waals surface area contributed by atoms with Gasteiger partial charge >= 0.3 is 24.8 Å². The molecule has 0 saturated heterocycles. The van der Waals surface area contributed by atoms with E-state index in [0.717, 1.165) is 0 Å². The first-order chi connectivity index (χ1) is 3.68. The summed E-state index contributed by atoms with van der Waals surface area (Å²) in [4.78, 5) is 9.73. The number of hydrogen-bond donors (Lipinski definition) is 3. The molecule has 0 heterocycles. The van der Waals surface area contributed by atoms with E-state index < -0.39 is 12.1 Å². The average molecular weight is 127 g/mol. The number of aliphatic carboxylic acids is 1. The van der Waals surface area contributed by atoms with Gasteiger partial charge in [-0.25, -0.2) is 4.79 Å². The molecule has 1 unspecified atom stereocenters. The van der Waals surface area contributed by atoms with Crippen LogP contribution in [-0.2, 0) is 4.79 Å². The minimum Gasteiger partial charge on any atom is -0.479 e. The van der Waals surface area contributed by atoms with Crippen molar-refractivity contribution in [2.45, 2.75) is 12.5 Å². The number of carboxylic acid groups (broad SMARTS) is 1. The third-order valence-corrected chi connectivity index (χ3v) is 0.688. The fourth-order valence-corrected chi connectivity index (χ4v) is 0.246. The zero-order valence-electron chi connectivity index (χ0n) is 5.24. The molecule has 3 N–H and O–H groups in total. The van der Waals surface area contributed by atoms with E-state index in [0.29, 0.717) is 0 Å². The molecule has 5 heteroatoms. The average Bonchev–Trinajstić information content (AvgIpc) is 1.67. The van der Waals surface area contributed by atoms with E-state index in [2.05, 4.69) is 0 Å². The Labute approximate surface area is 64.7 Å². The Hall–Kier alpha value is -0.0126. The summed E-state index contributed by atoms with van der Waals surface area (Å²) in [5.74, 6) is -1.29. The van der Waals surface area contributed by atoms with E-state index in [1.165, 1.54) is 0 Å². The van der Waals surface area contributed by atoms with E-state index in [1.54, 1.807) is 0 Å². The van der Waals surface area contributed by atoms with Gasteiger partial charge in [0.2, 0.25) is 0 Å². The van der Waals surface area contributed by atoms with Crippen LogP contribution in [0, 0.1) is 0 Å². The molecule has 0 aromatic heterocycles. The molecule has 0 bridgehead atoms. The summed E-state index contributed by atoms with van der Waals surface area (Å²) in [6.07, 6.45) is -1.52. The summed E-state index contributed by atoms with van der Waals surface area (Å²) in [5.41, 5.74) is 0. The Bertz CT molecular complexity index is 84.6. The van der Waals surface area contributed by atoms with Crippen molar-refractivity contribution in [2.75, 3.05) is 6.61 Å². The van der Waals surface area contributed by atoms with Crippen LogP contribution in [-0.4, -0.2) is 34.0 Å². The van der Waals surface area contributed by atoms with Crippen LogP contribution in [0.25, 0.3) is 0 Å². The predicted molar refractivity (Wildman–Crippen MR) is 25.3 cm³/mol. The van der Waals surface area contributed by atoms with E-state index in [1.807, 2.05) is 0 Å². The monoisotopic (exact) mass is 127 g/mol. The van der Waals surface area contributed by atoms with Gasteiger partial charge in [0.15, 0.2) is 6.10 Å². The van der Waals surface area contributed by atoms with Crippen LogP contribution >= 0.6 is 0 Å². The minimum absolute atomic E-state index is 0. The van der Waals surface area contributed by atoms with Crippen LogP contribution in [0.1, 0.15) is 6.42 Å². The van der Waals surface area contributed by atoms with Crippen molar-refractivity contribution in [3.05, 3.63) is 0 Å². The summed E-state index contributed by atoms with van der Waals surface area (Å²) in [5, 5.41) is 24.4. The fraction of sp³-hybridized carbons (Fsp3) is 0.750. The molecule has 0 aliphatic carbocycles. The molecule has 1 atom stereocenters. The van der Waals surface area contributed by atoms with Crippen molar-refractivity contribution < 1.29 is 39.0 Å². The third kappa shape index (κ3) is 5.86. The standard InChI is InChI=1S/C4H8O4.Li/c5-2-1-3(6)4(7)8;/h3,5-6H,1-2H2,(H,7,8);/q;+1. The molecule has 0 radical (unpaired) electrons. The predicted octanol–water partition coefficient (Wildman–Crippen LogP) is -4.18. The van der Waals surface area contributed by atoms with Crippen LogP contribution < -0.4 is 18.9 Å². The van der Waals surface area contributed by atoms with Crippen molar-refractivity contribution >= 4 is 5.97 Å². The van der Waals surface area contributed by atoms with Crippen molar-refractivity contribution in [1.82, 2.24) is 0 Å². The molecule has 0 aliphatic rings. The molecular weight excluding hydrogens is 119 g/mol. The van der Waals surface area contributed by atoms with Gasteiger partial charge in [0.1, 0.15) is 0 Å². The summed E-state index contributed by atoms with van der Waals surface area (Å²) >= 11 is 0. The van der Waals surface area contributed by atoms with Gasteiger partial charge in [0, 0.05) is 13.0 Å². The van der Waals surface area contributed by atoms with Gasteiger partial charge in [0.25, 0.3) is 0 Å². The zero-order chi connectivity index (χ0) is 6.57. The Kier molecular flexibility index (Phi) is 7.98. The second kappa shape index (κ2) is 6.11. The largest absolute Gasteiger partial charge is 1.00 e. The zero-order valence-corrected chi connectivity index (χ0v) is 5.24. The van der Waals surface area contributed by atoms with Gasteiger partial charge in [-0.2, -0.15) is 0 Å². The van der Waals surface area contributed by atoms with E-state index in [4.69, 9.17) is 15.3 Å². The Morgan fingerprint density at radius 3 is 2.11 bits per heavy atom. The van der Waals surface area contributed by atoms with Crippen molar-refractivity contribution in [3.8, 4) is 0 Å². The van der Waals surface area contributed by atoms with Crippen molar-refractivity contribution in [3.63, 3.8) is 0 Å². The van der Waals surface area contributed by atoms with E-state index >= 15 is 0 Å². The molecule has 0 amide bonds. The maximum absolute atomic E-state index is 9.73. The Morgan fingerprint density at radius 2 is 2.00 bits per heavy atom. The van der Waals surface area contributed by atoms with Gasteiger partial charge in [0.05, 0.1) is 0 Å². The molecule has 0 saturated carbocycles. The second-order valence-corrected chi connectivity index (χ2v) is 1.37. The molecule has 0 spiro atoms. The normalized spacial score (nSPS) is 11.8. The van der Waals surface area contributed by atoms with Crippen LogP contribution in [0.15, 0.2) is 0 Å². The summed E-state index contributed by atoms with van der Waals surface area (Å²) in [6.45, 7) is -0.298. The number of carboxylic acids is 1. The van der Waals surface area contributed by atoms with Crippen LogP contribution in [0.4, 0.5) is 0 Å². The smallest absolute Gasteiger partial charge is 0.479 e. The van der Waals surface area contributed by atoms with Crippen LogP contribution in [0.3, 0.4) is 0 Å². The number of aliphatic hydroxyl groups is 2. The number of carbonyl (C=O) groups is 1. The molecule has 0 aromatic carbocycles. The molecule has 48 valence electrons. The fourth-order valence-electron chi connectivity index (χ4n) is 0.246. The van der Waals surface area contributed by atoms with Gasteiger partial charge < -0.3 is 15.3 Å². The third-order valence-electron chi connectivity index (χ3n) is 0.688. The van der Waals surface area contributed by atoms with Gasteiger partial charge in [-0.15, -0.1) is 0 Å². The van der Waals surface area contributed by atoms with Gasteiger partial charge in [-0.1, -0.05) is 0 Å². The summed E-state index contributed by atoms with van der Waals surface area (Å²) in [6, 6.07) is 0. The second-order valence-electron chi connectivity index (χ2n) is 1.37. The van der Waals surface area contributed by atoms with Gasteiger partial charge in [-0.3, -0.25) is 0 Å². The number of rotatable bonds is 3. The number of aliphatic hydroxyl groups excluding tert-OH is 2. The first kappa shape index (κ1) is 11.7. The summed E-state index contributed by atoms with van der Waals surface area (Å²) < 4.78 is 0. The molecule has 0 aliphatic heterocycles. The molecule has 0 fully saturated rings. The molecule has 0 aromatic rings. The first-order valence-electron chi connectivity index (χ1n) is 2.20. The Morgan fingerprint density at radius 1 is 1.56 bits per heavy atom. The first-order valence-corrected chi connectivity index (χ1v) is 2.20. The minimum atomic E-state index is -1.42. The van der Waals surface area contributed by atoms with Crippen molar-refractivity contribution in [2.24, 2.45) is 0 Å². The molecule has 4 nitrogen and oxygen atoms in total. The Balaban J connectivity index is 0. The maximum Gasteiger partial charge on any atom is 1.00 e. The maximum atomic E-state index is 9.73. The summed E-state index contributed by atoms with van der Waals surface area (Å²) in [7, 11) is 0. The van der Waals surface area contributed by atoms with Crippen LogP contribution in [0.5, 0.6) is 0 Å². The van der Waals surface area contributed by atoms with Gasteiger partial charge in [-0.05, 0) is 0 Å². The van der Waals surface area contributed by atoms with E-state index in [9.17, 15) is 4.79 Å². The topological polar surface area (TPSA) is 77.8 Å². The SMILES string of the molecule is O=C(O)C(O)CCO.[Li+].